The highest BCUT2D eigenvalue weighted by atomic mass is 19.3. The number of nitrogens with zero attached hydrogens (tertiary/aromatic N) is 5. The van der Waals surface area contributed by atoms with Gasteiger partial charge < -0.3 is 20.1 Å². The molecule has 2 N–H and O–H groups in total. The van der Waals surface area contributed by atoms with Crippen LogP contribution in [-0.2, 0) is 22.6 Å². The van der Waals surface area contributed by atoms with Gasteiger partial charge in [0.25, 0.3) is 17.8 Å². The fourth-order valence-electron chi connectivity index (χ4n) is 11.3. The van der Waals surface area contributed by atoms with Gasteiger partial charge >= 0.3 is 0 Å². The third-order valence-electron chi connectivity index (χ3n) is 14.6. The second kappa shape index (κ2) is 19.0. The number of rotatable bonds is 9. The van der Waals surface area contributed by atoms with Crippen LogP contribution in [0.5, 0.6) is 0 Å². The number of carbonyl (C=O) groups is 1. The minimum absolute atomic E-state index is 0.00360. The second-order valence-electron chi connectivity index (χ2n) is 19.5. The van der Waals surface area contributed by atoms with E-state index in [0.717, 1.165) is 122 Å². The summed E-state index contributed by atoms with van der Waals surface area (Å²) in [5.74, 6) is -2.21. The number of hydrogen-bond donors (Lipinski definition) is 2. The number of aliphatic hydroxyl groups is 1. The van der Waals surface area contributed by atoms with E-state index in [-0.39, 0.29) is 57.1 Å². The molecule has 4 unspecified atom stereocenters. The third-order valence-corrected chi connectivity index (χ3v) is 14.6. The Morgan fingerprint density at radius 1 is 0.645 bits per heavy atom. The normalized spacial score (nSPS) is 36.1. The molecule has 0 aromatic heterocycles. The van der Waals surface area contributed by atoms with Crippen molar-refractivity contribution < 1.29 is 41.0 Å². The Balaban J connectivity index is 0.000000120. The van der Waals surface area contributed by atoms with Crippen LogP contribution in [0.3, 0.4) is 0 Å². The van der Waals surface area contributed by atoms with Gasteiger partial charge in [0.15, 0.2) is 0 Å². The molecule has 10 aliphatic rings. The zero-order valence-corrected chi connectivity index (χ0v) is 35.8. The first kappa shape index (κ1) is 45.8. The molecule has 62 heavy (non-hydrogen) atoms. The predicted molar refractivity (Wildman–Crippen MR) is 225 cm³/mol. The first-order valence-corrected chi connectivity index (χ1v) is 22.6. The van der Waals surface area contributed by atoms with Crippen LogP contribution in [-0.4, -0.2) is 172 Å². The van der Waals surface area contributed by atoms with Crippen molar-refractivity contribution >= 4 is 13.8 Å². The lowest BCUT2D eigenvalue weighted by molar-refractivity contribution is -0.167. The highest BCUT2D eigenvalue weighted by Gasteiger charge is 2.62. The van der Waals surface area contributed by atoms with E-state index in [1.54, 1.807) is 0 Å². The van der Waals surface area contributed by atoms with Crippen molar-refractivity contribution in [3.05, 3.63) is 71.8 Å². The summed E-state index contributed by atoms with van der Waals surface area (Å²) in [6, 6.07) is 20.9. The van der Waals surface area contributed by atoms with E-state index in [1.165, 1.54) is 16.0 Å². The lowest BCUT2D eigenvalue weighted by Crippen LogP contribution is -2.59. The van der Waals surface area contributed by atoms with Crippen LogP contribution in [0.25, 0.3) is 0 Å². The SMILES string of the molecule is CO.FC1(F)CN(CC2[C@H]3CN(Cc4ccccc4)C[C@@H]23)C1.FC1(F)CN(CC2[C@H]3CNC[C@@H]23)C1.O=C(C1[C@H]2CN(Cc3ccccc3)C[C@@H]12)N1CC(F)(F)C1.[B]C1CCCO1. The summed E-state index contributed by atoms with van der Waals surface area (Å²) in [7, 11) is 6.31. The van der Waals surface area contributed by atoms with E-state index in [2.05, 4.69) is 51.5 Å². The molecule has 10 fully saturated rings. The molecular weight excluding hydrogens is 809 g/mol. The van der Waals surface area contributed by atoms with E-state index in [1.807, 2.05) is 34.1 Å². The van der Waals surface area contributed by atoms with Crippen molar-refractivity contribution in [3.63, 3.8) is 0 Å². The van der Waals surface area contributed by atoms with Gasteiger partial charge in [-0.05, 0) is 84.4 Å². The van der Waals surface area contributed by atoms with Gasteiger partial charge in [0.2, 0.25) is 5.91 Å². The zero-order chi connectivity index (χ0) is 43.8. The molecule has 1 amide bonds. The summed E-state index contributed by atoms with van der Waals surface area (Å²) in [6.45, 7) is 10.2. The number of fused-ring (bicyclic) bond motifs is 3. The number of hydrogen-bond acceptors (Lipinski definition) is 8. The van der Waals surface area contributed by atoms with Gasteiger partial charge in [-0.25, -0.2) is 26.3 Å². The molecule has 10 atom stereocenters. The second-order valence-corrected chi connectivity index (χ2v) is 19.5. The van der Waals surface area contributed by atoms with Crippen LogP contribution in [0, 0.1) is 53.3 Å². The van der Waals surface area contributed by atoms with E-state index < -0.39 is 17.8 Å². The molecule has 0 spiro atoms. The lowest BCUT2D eigenvalue weighted by atomic mass is 9.98. The van der Waals surface area contributed by atoms with E-state index in [9.17, 15) is 31.1 Å². The molecule has 7 heterocycles. The number of alkyl halides is 6. The number of benzene rings is 2. The van der Waals surface area contributed by atoms with Crippen molar-refractivity contribution in [1.29, 1.82) is 0 Å². The van der Waals surface area contributed by atoms with E-state index in [0.29, 0.717) is 17.8 Å². The monoisotopic (exact) mass is 872 g/mol. The topological polar surface area (TPSA) is 74.8 Å². The zero-order valence-electron chi connectivity index (χ0n) is 35.8. The quantitative estimate of drug-likeness (QED) is 0.283. The summed E-state index contributed by atoms with van der Waals surface area (Å²) < 4.78 is 81.2. The van der Waals surface area contributed by atoms with Gasteiger partial charge in [0, 0.05) is 78.0 Å². The maximum absolute atomic E-state index is 12.8. The summed E-state index contributed by atoms with van der Waals surface area (Å²) in [5.41, 5.74) is 2.65. The first-order chi connectivity index (χ1) is 29.7. The minimum atomic E-state index is -2.65. The Morgan fingerprint density at radius 2 is 1.06 bits per heavy atom. The number of likely N-dealkylation sites (tertiary alicyclic amines) is 5. The molecule has 340 valence electrons. The molecular formula is C46H63BF6N6O3. The molecule has 3 saturated carbocycles. The van der Waals surface area contributed by atoms with Crippen LogP contribution in [0.1, 0.15) is 24.0 Å². The van der Waals surface area contributed by atoms with Crippen molar-refractivity contribution in [1.82, 2.24) is 29.8 Å². The Labute approximate surface area is 363 Å². The van der Waals surface area contributed by atoms with Crippen LogP contribution in [0.2, 0.25) is 0 Å². The number of nitrogens with one attached hydrogen (secondary N) is 1. The molecule has 2 aromatic rings. The number of aliphatic hydroxyl groups excluding tert-OH is 1. The number of carbonyl (C=O) groups excluding carboxylic acids is 1. The number of ether oxygens (including phenoxy) is 1. The Kier molecular flexibility index (Phi) is 14.1. The van der Waals surface area contributed by atoms with Gasteiger partial charge in [0.1, 0.15) is 7.85 Å². The van der Waals surface area contributed by atoms with Crippen LogP contribution < -0.4 is 5.32 Å². The average Bonchev–Trinajstić information content (AvgIpc) is 3.85. The summed E-state index contributed by atoms with van der Waals surface area (Å²) in [4.78, 5) is 22.1. The van der Waals surface area contributed by atoms with E-state index in [4.69, 9.17) is 17.7 Å². The summed E-state index contributed by atoms with van der Waals surface area (Å²) in [5, 5.41) is 10.3. The van der Waals surface area contributed by atoms with Gasteiger partial charge in [-0.1, -0.05) is 60.7 Å². The molecule has 12 rings (SSSR count). The third kappa shape index (κ3) is 11.4. The van der Waals surface area contributed by atoms with Gasteiger partial charge in [-0.15, -0.1) is 0 Å². The Bertz CT molecular complexity index is 1730. The minimum Gasteiger partial charge on any atom is -0.400 e. The number of halogens is 6. The maximum Gasteiger partial charge on any atom is 0.282 e. The van der Waals surface area contributed by atoms with Gasteiger partial charge in [-0.3, -0.25) is 24.4 Å². The fourth-order valence-corrected chi connectivity index (χ4v) is 11.3. The molecule has 2 aromatic carbocycles. The smallest absolute Gasteiger partial charge is 0.282 e. The Morgan fingerprint density at radius 3 is 1.44 bits per heavy atom. The molecule has 9 nitrogen and oxygen atoms in total. The lowest BCUT2D eigenvalue weighted by Gasteiger charge is -2.39. The van der Waals surface area contributed by atoms with Crippen LogP contribution in [0.4, 0.5) is 26.3 Å². The van der Waals surface area contributed by atoms with Crippen LogP contribution >= 0.6 is 0 Å². The summed E-state index contributed by atoms with van der Waals surface area (Å²) >= 11 is 0. The van der Waals surface area contributed by atoms with Crippen molar-refractivity contribution in [2.24, 2.45) is 53.3 Å². The molecule has 16 heteroatoms. The van der Waals surface area contributed by atoms with E-state index >= 15 is 0 Å². The van der Waals surface area contributed by atoms with Crippen molar-refractivity contribution in [2.75, 3.05) is 105 Å². The first-order valence-electron chi connectivity index (χ1n) is 22.6. The fraction of sp³-hybridized carbons (Fsp3) is 0.717. The van der Waals surface area contributed by atoms with Crippen LogP contribution in [0.15, 0.2) is 60.7 Å². The highest BCUT2D eigenvalue weighted by Crippen LogP contribution is 2.54. The largest absolute Gasteiger partial charge is 0.400 e. The molecule has 7 saturated heterocycles. The summed E-state index contributed by atoms with van der Waals surface area (Å²) in [6.07, 6.45) is 2.18. The average molecular weight is 873 g/mol. The number of amides is 1. The highest BCUT2D eigenvalue weighted by molar-refractivity contribution is 6.11. The maximum atomic E-state index is 12.8. The Hall–Kier alpha value is -2.73. The molecule has 2 radical (unpaired) electrons. The standard InChI is InChI=1S/C16H18F2N2O.C16H20F2N2.C9H14F2N2.C4H7BO.CH4O/c17-16(18)9-20(10-16)15(21)14-12-7-19(8-13(12)14)6-11-4-2-1-3-5-11;17-16(18)10-20(11-16)9-15-13-7-19(8-14(13)15)6-12-4-2-1-3-5-12;10-9(11)4-13(5-9)3-8-6-1-12-2-7(6)8;5-4-2-1-3-6-4;1-2/h1-5,12-14H,6-10H2;1-5,13-15H,6-11H2;6-8,12H,1-5H2;4H,1-3H2;2H,1H3/t12-,13+,14?;13-,14+,15?;6-,7+,8?;;. The van der Waals surface area contributed by atoms with Gasteiger partial charge in [-0.2, -0.15) is 0 Å². The molecule has 3 aliphatic carbocycles. The molecule has 7 aliphatic heterocycles. The molecule has 0 bridgehead atoms. The van der Waals surface area contributed by atoms with Crippen molar-refractivity contribution in [3.8, 4) is 0 Å². The number of piperidine rings is 3. The van der Waals surface area contributed by atoms with Gasteiger partial charge in [0.05, 0.1) is 39.3 Å². The predicted octanol–water partition coefficient (Wildman–Crippen LogP) is 4.46. The van der Waals surface area contributed by atoms with Crippen molar-refractivity contribution in [2.45, 2.75) is 49.7 Å².